The van der Waals surface area contributed by atoms with Gasteiger partial charge in [-0.25, -0.2) is 0 Å². The van der Waals surface area contributed by atoms with Crippen molar-refractivity contribution in [2.45, 2.75) is 10.7 Å². The molecule has 0 saturated carbocycles. The Morgan fingerprint density at radius 3 is 2.75 bits per heavy atom. The molecule has 88 valence electrons. The highest BCUT2D eigenvalue weighted by atomic mass is 35.5. The summed E-state index contributed by atoms with van der Waals surface area (Å²) in [6.07, 6.45) is 3.66. The van der Waals surface area contributed by atoms with E-state index in [0.29, 0.717) is 34.8 Å². The van der Waals surface area contributed by atoms with Crippen LogP contribution in [0, 0.1) is 0 Å². The van der Waals surface area contributed by atoms with E-state index in [9.17, 15) is 8.78 Å². The van der Waals surface area contributed by atoms with Gasteiger partial charge in [-0.2, -0.15) is 8.78 Å². The molecule has 0 saturated heterocycles. The van der Waals surface area contributed by atoms with Crippen LogP contribution in [0.4, 0.5) is 14.5 Å². The van der Waals surface area contributed by atoms with Crippen molar-refractivity contribution in [2.75, 3.05) is 17.7 Å². The number of rotatable bonds is 6. The van der Waals surface area contributed by atoms with Crippen LogP contribution in [0.25, 0.3) is 0 Å². The third-order valence-corrected chi connectivity index (χ3v) is 2.74. The summed E-state index contributed by atoms with van der Waals surface area (Å²) in [5, 5.41) is 3.05. The fraction of sp³-hybridized carbons (Fsp3) is 0.273. The van der Waals surface area contributed by atoms with Gasteiger partial charge in [0.15, 0.2) is 0 Å². The smallest absolute Gasteiger partial charge is 0.288 e. The lowest BCUT2D eigenvalue weighted by molar-refractivity contribution is 0.252. The van der Waals surface area contributed by atoms with Gasteiger partial charge in [0.2, 0.25) is 0 Å². The zero-order valence-corrected chi connectivity index (χ0v) is 10.1. The summed E-state index contributed by atoms with van der Waals surface area (Å²) in [7, 11) is 0. The van der Waals surface area contributed by atoms with Crippen LogP contribution < -0.4 is 5.32 Å². The van der Waals surface area contributed by atoms with Crippen LogP contribution in [0.3, 0.4) is 0 Å². The molecule has 0 atom stereocenters. The molecule has 0 aliphatic carbocycles. The summed E-state index contributed by atoms with van der Waals surface area (Å²) in [6, 6.07) is 7.00. The van der Waals surface area contributed by atoms with E-state index in [4.69, 9.17) is 11.6 Å². The molecule has 1 N–H and O–H groups in total. The van der Waals surface area contributed by atoms with Crippen molar-refractivity contribution in [3.05, 3.63) is 36.4 Å². The first-order valence-corrected chi connectivity index (χ1v) is 6.14. The SMILES string of the molecule is FC(F)Sc1ccccc1NC/C=C/CCl. The second-order valence-electron chi connectivity index (χ2n) is 2.88. The number of thioether (sulfide) groups is 1. The molecule has 0 bridgehead atoms. The monoisotopic (exact) mass is 263 g/mol. The lowest BCUT2D eigenvalue weighted by atomic mass is 10.3. The number of allylic oxidation sites excluding steroid dienone is 1. The standard InChI is InChI=1S/C11H12ClF2NS/c12-7-3-4-8-15-9-5-1-2-6-10(9)16-11(13)14/h1-6,11,15H,7-8H2/b4-3+. The maximum absolute atomic E-state index is 12.2. The number of para-hydroxylation sites is 1. The zero-order valence-electron chi connectivity index (χ0n) is 8.50. The maximum atomic E-state index is 12.2. The average Bonchev–Trinajstić information content (AvgIpc) is 2.26. The quantitative estimate of drug-likeness (QED) is 0.469. The average molecular weight is 264 g/mol. The third-order valence-electron chi connectivity index (χ3n) is 1.77. The van der Waals surface area contributed by atoms with E-state index in [-0.39, 0.29) is 0 Å². The number of anilines is 1. The molecule has 0 heterocycles. The first-order valence-electron chi connectivity index (χ1n) is 4.72. The molecule has 5 heteroatoms. The summed E-state index contributed by atoms with van der Waals surface area (Å²) in [5.74, 6) is -1.95. The number of benzene rings is 1. The number of alkyl halides is 3. The van der Waals surface area contributed by atoms with E-state index in [1.807, 2.05) is 12.1 Å². The molecule has 0 aliphatic rings. The highest BCUT2D eigenvalue weighted by Crippen LogP contribution is 2.31. The molecule has 1 aromatic rings. The van der Waals surface area contributed by atoms with Crippen molar-refractivity contribution in [1.29, 1.82) is 0 Å². The van der Waals surface area contributed by atoms with Crippen LogP contribution in [0.1, 0.15) is 0 Å². The molecule has 0 spiro atoms. The molecule has 1 nitrogen and oxygen atoms in total. The molecule has 16 heavy (non-hydrogen) atoms. The number of halogens is 3. The Morgan fingerprint density at radius 2 is 2.06 bits per heavy atom. The number of hydrogen-bond donors (Lipinski definition) is 1. The molecule has 0 amide bonds. The predicted molar refractivity (Wildman–Crippen MR) is 66.7 cm³/mol. The molecule has 0 aromatic heterocycles. The molecule has 1 aromatic carbocycles. The first kappa shape index (κ1) is 13.3. The van der Waals surface area contributed by atoms with E-state index >= 15 is 0 Å². The highest BCUT2D eigenvalue weighted by Gasteiger charge is 2.08. The van der Waals surface area contributed by atoms with Gasteiger partial charge in [-0.3, -0.25) is 0 Å². The minimum absolute atomic E-state index is 0.453. The highest BCUT2D eigenvalue weighted by molar-refractivity contribution is 7.99. The van der Waals surface area contributed by atoms with Gasteiger partial charge < -0.3 is 5.32 Å². The van der Waals surface area contributed by atoms with E-state index < -0.39 is 5.76 Å². The number of hydrogen-bond acceptors (Lipinski definition) is 2. The van der Waals surface area contributed by atoms with Crippen molar-refractivity contribution < 1.29 is 8.78 Å². The Balaban J connectivity index is 2.60. The van der Waals surface area contributed by atoms with Crippen LogP contribution in [0.2, 0.25) is 0 Å². The van der Waals surface area contributed by atoms with Crippen LogP contribution in [-0.4, -0.2) is 18.2 Å². The fourth-order valence-electron chi connectivity index (χ4n) is 1.13. The second kappa shape index (κ2) is 7.52. The summed E-state index contributed by atoms with van der Waals surface area (Å²) in [6.45, 7) is 0.577. The van der Waals surface area contributed by atoms with Gasteiger partial charge in [-0.15, -0.1) is 11.6 Å². The van der Waals surface area contributed by atoms with Gasteiger partial charge in [0.25, 0.3) is 5.76 Å². The summed E-state index contributed by atoms with van der Waals surface area (Å²) >= 11 is 6.01. The van der Waals surface area contributed by atoms with Gasteiger partial charge in [-0.1, -0.05) is 36.0 Å². The number of nitrogens with one attached hydrogen (secondary N) is 1. The topological polar surface area (TPSA) is 12.0 Å². The van der Waals surface area contributed by atoms with Crippen LogP contribution in [0.15, 0.2) is 41.3 Å². The lowest BCUT2D eigenvalue weighted by Crippen LogP contribution is -2.00. The largest absolute Gasteiger partial charge is 0.381 e. The Labute approximate surface area is 103 Å². The predicted octanol–water partition coefficient (Wildman–Crippen LogP) is 4.21. The Hall–Kier alpha value is -0.740. The van der Waals surface area contributed by atoms with Crippen LogP contribution in [-0.2, 0) is 0 Å². The van der Waals surface area contributed by atoms with Crippen LogP contribution in [0.5, 0.6) is 0 Å². The minimum atomic E-state index is -2.40. The Morgan fingerprint density at radius 1 is 1.31 bits per heavy atom. The van der Waals surface area contributed by atoms with Gasteiger partial charge in [0.05, 0.1) is 0 Å². The van der Waals surface area contributed by atoms with Crippen molar-refractivity contribution in [1.82, 2.24) is 0 Å². The minimum Gasteiger partial charge on any atom is -0.381 e. The van der Waals surface area contributed by atoms with E-state index in [2.05, 4.69) is 5.32 Å². The molecule has 0 fully saturated rings. The lowest BCUT2D eigenvalue weighted by Gasteiger charge is -2.09. The maximum Gasteiger partial charge on any atom is 0.288 e. The molecule has 0 aliphatic heterocycles. The van der Waals surface area contributed by atoms with Crippen molar-refractivity contribution in [2.24, 2.45) is 0 Å². The molecule has 1 rings (SSSR count). The summed E-state index contributed by atoms with van der Waals surface area (Å²) in [5.41, 5.74) is 0.715. The molecule has 0 radical (unpaired) electrons. The Bertz CT molecular complexity index is 345. The summed E-state index contributed by atoms with van der Waals surface area (Å²) in [4.78, 5) is 0.553. The molecule has 0 unspecified atom stereocenters. The first-order chi connectivity index (χ1) is 7.74. The summed E-state index contributed by atoms with van der Waals surface area (Å²) < 4.78 is 24.5. The van der Waals surface area contributed by atoms with Gasteiger partial charge in [-0.05, 0) is 12.1 Å². The van der Waals surface area contributed by atoms with Crippen molar-refractivity contribution in [3.8, 4) is 0 Å². The fourth-order valence-corrected chi connectivity index (χ4v) is 1.87. The van der Waals surface area contributed by atoms with Crippen molar-refractivity contribution in [3.63, 3.8) is 0 Å². The second-order valence-corrected chi connectivity index (χ2v) is 4.22. The zero-order chi connectivity index (χ0) is 11.8. The van der Waals surface area contributed by atoms with E-state index in [1.54, 1.807) is 24.3 Å². The van der Waals surface area contributed by atoms with Gasteiger partial charge in [0.1, 0.15) is 0 Å². The van der Waals surface area contributed by atoms with Crippen LogP contribution >= 0.6 is 23.4 Å². The molecular formula is C11H12ClF2NS. The third kappa shape index (κ3) is 4.86. The van der Waals surface area contributed by atoms with Gasteiger partial charge >= 0.3 is 0 Å². The van der Waals surface area contributed by atoms with Crippen molar-refractivity contribution >= 4 is 29.1 Å². The normalized spacial score (nSPS) is 11.2. The Kier molecular flexibility index (Phi) is 6.26. The van der Waals surface area contributed by atoms with E-state index in [1.165, 1.54) is 0 Å². The van der Waals surface area contributed by atoms with Gasteiger partial charge in [0, 0.05) is 23.0 Å². The van der Waals surface area contributed by atoms with E-state index in [0.717, 1.165) is 0 Å². The molecular weight excluding hydrogens is 252 g/mol.